The molecule has 0 atom stereocenters. The van der Waals surface area contributed by atoms with Crippen molar-refractivity contribution in [1.29, 1.82) is 0 Å². The van der Waals surface area contributed by atoms with Gasteiger partial charge in [0.25, 0.3) is 0 Å². The van der Waals surface area contributed by atoms with Crippen LogP contribution in [0.25, 0.3) is 0 Å². The molecule has 0 spiro atoms. The Kier molecular flexibility index (Phi) is 4.79. The molecule has 0 unspecified atom stereocenters. The lowest BCUT2D eigenvalue weighted by atomic mass is 10.3. The first-order valence-electron chi connectivity index (χ1n) is 5.50. The maximum Gasteiger partial charge on any atom is 0.143 e. The highest BCUT2D eigenvalue weighted by atomic mass is 79.9. The van der Waals surface area contributed by atoms with Crippen LogP contribution in [0.3, 0.4) is 0 Å². The van der Waals surface area contributed by atoms with Crippen LogP contribution in [0.15, 0.2) is 39.4 Å². The van der Waals surface area contributed by atoms with Gasteiger partial charge in [-0.2, -0.15) is 0 Å². The molecule has 19 heavy (non-hydrogen) atoms. The van der Waals surface area contributed by atoms with Crippen molar-refractivity contribution in [2.75, 3.05) is 7.11 Å². The second-order valence-corrected chi connectivity index (χ2v) is 5.41. The number of hydrogen-bond acceptors (Lipinski definition) is 4. The standard InChI is InChI=1S/C13H12Br2N2O2/c1-18-12-5-11(15)13(6-10(12)14)19-9-2-3-17-8(4-9)7-16/h2-6H,7,16H2,1H3. The van der Waals surface area contributed by atoms with Crippen LogP contribution < -0.4 is 15.2 Å². The molecule has 0 fully saturated rings. The summed E-state index contributed by atoms with van der Waals surface area (Å²) < 4.78 is 12.6. The number of rotatable bonds is 4. The highest BCUT2D eigenvalue weighted by Crippen LogP contribution is 2.38. The van der Waals surface area contributed by atoms with E-state index in [1.807, 2.05) is 18.2 Å². The number of nitrogens with zero attached hydrogens (tertiary/aromatic N) is 1. The van der Waals surface area contributed by atoms with Crippen molar-refractivity contribution in [2.24, 2.45) is 5.73 Å². The molecule has 1 aromatic carbocycles. The largest absolute Gasteiger partial charge is 0.496 e. The second kappa shape index (κ2) is 6.36. The van der Waals surface area contributed by atoms with Crippen LogP contribution >= 0.6 is 31.9 Å². The molecule has 1 heterocycles. The third-order valence-electron chi connectivity index (χ3n) is 2.43. The van der Waals surface area contributed by atoms with Gasteiger partial charge in [-0.05, 0) is 50.1 Å². The number of halogens is 2. The monoisotopic (exact) mass is 386 g/mol. The molecule has 0 bridgehead atoms. The van der Waals surface area contributed by atoms with Crippen molar-refractivity contribution in [3.05, 3.63) is 45.1 Å². The van der Waals surface area contributed by atoms with Crippen LogP contribution in [0.5, 0.6) is 17.2 Å². The van der Waals surface area contributed by atoms with Gasteiger partial charge >= 0.3 is 0 Å². The maximum absolute atomic E-state index is 5.80. The zero-order valence-corrected chi connectivity index (χ0v) is 13.4. The third-order valence-corrected chi connectivity index (χ3v) is 3.67. The first-order chi connectivity index (χ1) is 9.13. The van der Waals surface area contributed by atoms with Crippen molar-refractivity contribution >= 4 is 31.9 Å². The van der Waals surface area contributed by atoms with Gasteiger partial charge in [0.15, 0.2) is 0 Å². The summed E-state index contributed by atoms with van der Waals surface area (Å²) >= 11 is 6.87. The maximum atomic E-state index is 5.80. The number of nitrogens with two attached hydrogens (primary N) is 1. The van der Waals surface area contributed by atoms with E-state index < -0.39 is 0 Å². The highest BCUT2D eigenvalue weighted by Gasteiger charge is 2.09. The van der Waals surface area contributed by atoms with Crippen LogP contribution in [0, 0.1) is 0 Å². The average Bonchev–Trinajstić information content (AvgIpc) is 2.42. The molecule has 2 rings (SSSR count). The molecule has 2 aromatic rings. The van der Waals surface area contributed by atoms with Gasteiger partial charge in [0.05, 0.1) is 21.7 Å². The Hall–Kier alpha value is -1.11. The van der Waals surface area contributed by atoms with Crippen molar-refractivity contribution in [2.45, 2.75) is 6.54 Å². The first-order valence-corrected chi connectivity index (χ1v) is 7.08. The van der Waals surface area contributed by atoms with E-state index in [1.165, 1.54) is 0 Å². The lowest BCUT2D eigenvalue weighted by Crippen LogP contribution is -1.99. The lowest BCUT2D eigenvalue weighted by Gasteiger charge is -2.11. The van der Waals surface area contributed by atoms with Crippen LogP contribution in [-0.4, -0.2) is 12.1 Å². The average molecular weight is 388 g/mol. The Bertz CT molecular complexity index is 591. The van der Waals surface area contributed by atoms with Crippen molar-refractivity contribution in [3.8, 4) is 17.2 Å². The predicted octanol–water partition coefficient (Wildman–Crippen LogP) is 3.87. The van der Waals surface area contributed by atoms with E-state index in [-0.39, 0.29) is 0 Å². The SMILES string of the molecule is COc1cc(Br)c(Oc2ccnc(CN)c2)cc1Br. The van der Waals surface area contributed by atoms with Gasteiger partial charge in [-0.1, -0.05) is 0 Å². The molecule has 0 aliphatic carbocycles. The number of hydrogen-bond donors (Lipinski definition) is 1. The van der Waals surface area contributed by atoms with Crippen molar-refractivity contribution in [1.82, 2.24) is 4.98 Å². The van der Waals surface area contributed by atoms with Crippen LogP contribution in [0.4, 0.5) is 0 Å². The Morgan fingerprint density at radius 1 is 1.16 bits per heavy atom. The molecule has 2 N–H and O–H groups in total. The van der Waals surface area contributed by atoms with Crippen LogP contribution in [0.1, 0.15) is 5.69 Å². The van der Waals surface area contributed by atoms with E-state index in [1.54, 1.807) is 19.4 Å². The normalized spacial score (nSPS) is 10.3. The van der Waals surface area contributed by atoms with Gasteiger partial charge in [0.1, 0.15) is 17.2 Å². The smallest absolute Gasteiger partial charge is 0.143 e. The Morgan fingerprint density at radius 3 is 2.53 bits per heavy atom. The summed E-state index contributed by atoms with van der Waals surface area (Å²) in [4.78, 5) is 4.12. The van der Waals surface area contributed by atoms with E-state index in [2.05, 4.69) is 36.8 Å². The number of aromatic nitrogens is 1. The molecular weight excluding hydrogens is 376 g/mol. The minimum absolute atomic E-state index is 0.380. The highest BCUT2D eigenvalue weighted by molar-refractivity contribution is 9.11. The summed E-state index contributed by atoms with van der Waals surface area (Å²) in [6.07, 6.45) is 1.67. The summed E-state index contributed by atoms with van der Waals surface area (Å²) in [6, 6.07) is 7.27. The van der Waals surface area contributed by atoms with Gasteiger partial charge < -0.3 is 15.2 Å². The molecule has 1 aromatic heterocycles. The molecular formula is C13H12Br2N2O2. The summed E-state index contributed by atoms with van der Waals surface area (Å²) in [5.41, 5.74) is 6.33. The first kappa shape index (κ1) is 14.3. The molecule has 0 saturated carbocycles. The van der Waals surface area contributed by atoms with E-state index in [9.17, 15) is 0 Å². The fourth-order valence-corrected chi connectivity index (χ4v) is 2.39. The Balaban J connectivity index is 2.30. The summed E-state index contributed by atoms with van der Waals surface area (Å²) in [5.74, 6) is 2.10. The van der Waals surface area contributed by atoms with Crippen molar-refractivity contribution < 1.29 is 9.47 Å². The molecule has 0 radical (unpaired) electrons. The van der Waals surface area contributed by atoms with Gasteiger partial charge in [-0.3, -0.25) is 4.98 Å². The minimum atomic E-state index is 0.380. The van der Waals surface area contributed by atoms with E-state index in [4.69, 9.17) is 15.2 Å². The molecule has 0 aliphatic heterocycles. The van der Waals surface area contributed by atoms with Crippen molar-refractivity contribution in [3.63, 3.8) is 0 Å². The van der Waals surface area contributed by atoms with Crippen LogP contribution in [-0.2, 0) is 6.54 Å². The lowest BCUT2D eigenvalue weighted by molar-refractivity contribution is 0.409. The number of benzene rings is 1. The Labute approximate surface area is 128 Å². The topological polar surface area (TPSA) is 57.4 Å². The molecule has 0 amide bonds. The molecule has 0 aliphatic rings. The van der Waals surface area contributed by atoms with Gasteiger partial charge in [0.2, 0.25) is 0 Å². The van der Waals surface area contributed by atoms with E-state index in [0.717, 1.165) is 20.4 Å². The molecule has 0 saturated heterocycles. The van der Waals surface area contributed by atoms with E-state index >= 15 is 0 Å². The second-order valence-electron chi connectivity index (χ2n) is 3.71. The quantitative estimate of drug-likeness (QED) is 0.865. The zero-order valence-electron chi connectivity index (χ0n) is 10.2. The van der Waals surface area contributed by atoms with E-state index in [0.29, 0.717) is 18.0 Å². The number of ether oxygens (including phenoxy) is 2. The van der Waals surface area contributed by atoms with Gasteiger partial charge in [-0.15, -0.1) is 0 Å². The zero-order chi connectivity index (χ0) is 13.8. The molecule has 100 valence electrons. The predicted molar refractivity (Wildman–Crippen MR) is 80.6 cm³/mol. The molecule has 6 heteroatoms. The summed E-state index contributed by atoms with van der Waals surface area (Å²) in [5, 5.41) is 0. The minimum Gasteiger partial charge on any atom is -0.496 e. The summed E-state index contributed by atoms with van der Waals surface area (Å²) in [6.45, 7) is 0.380. The number of methoxy groups -OCH3 is 1. The van der Waals surface area contributed by atoms with Gasteiger partial charge in [-0.25, -0.2) is 0 Å². The fraction of sp³-hybridized carbons (Fsp3) is 0.154. The fourth-order valence-electron chi connectivity index (χ4n) is 1.50. The van der Waals surface area contributed by atoms with Crippen LogP contribution in [0.2, 0.25) is 0 Å². The molecule has 4 nitrogen and oxygen atoms in total. The third kappa shape index (κ3) is 3.46. The number of pyridine rings is 1. The summed E-state index contributed by atoms with van der Waals surface area (Å²) in [7, 11) is 1.61. The Morgan fingerprint density at radius 2 is 1.84 bits per heavy atom. The van der Waals surface area contributed by atoms with Gasteiger partial charge in [0, 0.05) is 18.8 Å².